The van der Waals surface area contributed by atoms with Crippen molar-refractivity contribution in [3.8, 4) is 33.6 Å². The van der Waals surface area contributed by atoms with Crippen molar-refractivity contribution < 1.29 is 19.1 Å². The largest absolute Gasteiger partial charge is 0.444 e. The van der Waals surface area contributed by atoms with Gasteiger partial charge in [0.25, 0.3) is 0 Å². The molecule has 51 heavy (non-hydrogen) atoms. The summed E-state index contributed by atoms with van der Waals surface area (Å²) in [6.07, 6.45) is 10.6. The van der Waals surface area contributed by atoms with Gasteiger partial charge in [0.15, 0.2) is 0 Å². The number of likely N-dealkylation sites (tertiary alicyclic amines) is 1. The van der Waals surface area contributed by atoms with Crippen LogP contribution >= 0.6 is 0 Å². The molecule has 0 spiro atoms. The van der Waals surface area contributed by atoms with Crippen molar-refractivity contribution in [3.05, 3.63) is 70.6 Å². The first kappa shape index (κ1) is 34.8. The number of hydrogen-bond acceptors (Lipinski definition) is 6. The number of carbonyl (C=O) groups excluding carboxylic acids is 2. The molecule has 0 bridgehead atoms. The Morgan fingerprint density at radius 3 is 1.90 bits per heavy atom. The number of hydrogen-bond donors (Lipinski definition) is 2. The van der Waals surface area contributed by atoms with E-state index in [1.807, 2.05) is 58.8 Å². The zero-order chi connectivity index (χ0) is 36.2. The maximum Gasteiger partial charge on any atom is 0.410 e. The van der Waals surface area contributed by atoms with Crippen molar-refractivity contribution in [2.24, 2.45) is 0 Å². The lowest BCUT2D eigenvalue weighted by atomic mass is 9.74. The molecule has 270 valence electrons. The minimum Gasteiger partial charge on any atom is -0.444 e. The van der Waals surface area contributed by atoms with E-state index in [1.54, 1.807) is 11.9 Å². The molecule has 0 saturated carbocycles. The number of benzene rings is 2. The molecule has 2 aliphatic carbocycles. The minimum atomic E-state index is -0.564. The highest BCUT2D eigenvalue weighted by atomic mass is 16.6. The van der Waals surface area contributed by atoms with Crippen LogP contribution in [0.2, 0.25) is 0 Å². The molecule has 2 atom stereocenters. The number of carbonyl (C=O) groups is 2. The van der Waals surface area contributed by atoms with Crippen LogP contribution in [0.1, 0.15) is 120 Å². The molecule has 7 rings (SSSR count). The predicted molar refractivity (Wildman–Crippen MR) is 198 cm³/mol. The lowest BCUT2D eigenvalue weighted by Crippen LogP contribution is -2.37. The van der Waals surface area contributed by atoms with E-state index in [0.29, 0.717) is 6.54 Å². The summed E-state index contributed by atoms with van der Waals surface area (Å²) in [5, 5.41) is 0. The van der Waals surface area contributed by atoms with Crippen molar-refractivity contribution >= 4 is 12.2 Å². The highest BCUT2D eigenvalue weighted by Gasteiger charge is 2.35. The summed E-state index contributed by atoms with van der Waals surface area (Å²) < 4.78 is 11.4. The highest BCUT2D eigenvalue weighted by Crippen LogP contribution is 2.46. The Balaban J connectivity index is 1.14. The van der Waals surface area contributed by atoms with Crippen LogP contribution in [-0.2, 0) is 35.2 Å². The van der Waals surface area contributed by atoms with Crippen molar-refractivity contribution in [1.29, 1.82) is 0 Å². The van der Waals surface area contributed by atoms with Crippen LogP contribution in [0.4, 0.5) is 9.59 Å². The summed E-state index contributed by atoms with van der Waals surface area (Å²) in [5.74, 6) is 1.60. The van der Waals surface area contributed by atoms with Crippen LogP contribution in [0, 0.1) is 0 Å². The Morgan fingerprint density at radius 1 is 0.843 bits per heavy atom. The maximum atomic E-state index is 12.9. The molecule has 2 aromatic carbocycles. The molecule has 1 fully saturated rings. The van der Waals surface area contributed by atoms with Crippen LogP contribution in [0.3, 0.4) is 0 Å². The number of amides is 2. The molecular weight excluding hydrogens is 640 g/mol. The topological polar surface area (TPSA) is 116 Å². The first-order valence-electron chi connectivity index (χ1n) is 18.6. The fourth-order valence-corrected chi connectivity index (χ4v) is 7.96. The smallest absolute Gasteiger partial charge is 0.410 e. The summed E-state index contributed by atoms with van der Waals surface area (Å²) in [4.78, 5) is 46.1. The molecule has 2 unspecified atom stereocenters. The molecule has 10 nitrogen and oxygen atoms in total. The van der Waals surface area contributed by atoms with Crippen LogP contribution in [-0.4, -0.2) is 66.7 Å². The van der Waals surface area contributed by atoms with Crippen molar-refractivity contribution in [3.63, 3.8) is 0 Å². The molecule has 0 radical (unpaired) electrons. The number of aromatic nitrogens is 4. The Kier molecular flexibility index (Phi) is 9.00. The molecule has 2 aromatic heterocycles. The molecule has 2 N–H and O–H groups in total. The predicted octanol–water partition coefficient (Wildman–Crippen LogP) is 9.11. The second kappa shape index (κ2) is 13.2. The Morgan fingerprint density at radius 2 is 1.37 bits per heavy atom. The average Bonchev–Trinajstić information content (AvgIpc) is 3.85. The summed E-state index contributed by atoms with van der Waals surface area (Å²) >= 11 is 0. The van der Waals surface area contributed by atoms with Gasteiger partial charge in [-0.25, -0.2) is 19.6 Å². The average molecular weight is 693 g/mol. The number of nitrogens with zero attached hydrogens (tertiary/aromatic N) is 4. The van der Waals surface area contributed by atoms with E-state index >= 15 is 0 Å². The maximum absolute atomic E-state index is 12.9. The third-order valence-electron chi connectivity index (χ3n) is 10.2. The van der Waals surface area contributed by atoms with E-state index in [9.17, 15) is 9.59 Å². The third kappa shape index (κ3) is 7.02. The number of nitrogens with one attached hydrogen (secondary N) is 2. The zero-order valence-corrected chi connectivity index (χ0v) is 31.4. The Hall–Kier alpha value is -4.60. The molecule has 3 aliphatic rings. The lowest BCUT2D eigenvalue weighted by Gasteiger charge is -2.30. The van der Waals surface area contributed by atoms with E-state index in [-0.39, 0.29) is 24.3 Å². The molecule has 4 aromatic rings. The van der Waals surface area contributed by atoms with Crippen molar-refractivity contribution in [1.82, 2.24) is 29.7 Å². The number of aromatic amines is 2. The van der Waals surface area contributed by atoms with E-state index in [4.69, 9.17) is 19.4 Å². The van der Waals surface area contributed by atoms with Gasteiger partial charge in [0.2, 0.25) is 0 Å². The number of rotatable bonds is 7. The molecular formula is C41H52N6O4. The normalized spacial score (nSPS) is 17.3. The van der Waals surface area contributed by atoms with Crippen LogP contribution in [0.25, 0.3) is 33.6 Å². The first-order chi connectivity index (χ1) is 24.2. The lowest BCUT2D eigenvalue weighted by molar-refractivity contribution is 0.0199. The van der Waals surface area contributed by atoms with Gasteiger partial charge in [-0.15, -0.1) is 0 Å². The van der Waals surface area contributed by atoms with Gasteiger partial charge in [-0.3, -0.25) is 4.90 Å². The van der Waals surface area contributed by atoms with Gasteiger partial charge in [-0.05, 0) is 144 Å². The van der Waals surface area contributed by atoms with Gasteiger partial charge in [0, 0.05) is 24.7 Å². The van der Waals surface area contributed by atoms with Gasteiger partial charge < -0.3 is 24.3 Å². The fourth-order valence-electron chi connectivity index (χ4n) is 7.96. The standard InChI is InChI=1S/C41H52N6O4/c1-9-11-32(46(8)38(48)50-40(2,3)4)36-42-22-30(44-36)28-18-24-13-15-26-20-29(21-27-16-14-25(19-28)34(24)35(26)27)31-23-43-37(45-31)33-12-10-17-47(33)39(49)51-41(5,6)7/h18-23,32-33H,9-17H2,1-8H3,(H,42,44)(H,43,45). The Bertz CT molecular complexity index is 1910. The fraction of sp³-hybridized carbons (Fsp3) is 0.512. The van der Waals surface area contributed by atoms with Gasteiger partial charge in [0.1, 0.15) is 22.9 Å². The SMILES string of the molecule is CCCC(c1ncc(-c2cc3c4c(c2)CCc2cc(-c5cnc(C6CCCN6C(=O)OC(C)(C)C)[nH]5)cc(c2-4)CC3)[nH]1)N(C)C(=O)OC(C)(C)C. The van der Waals surface area contributed by atoms with E-state index < -0.39 is 11.2 Å². The van der Waals surface area contributed by atoms with Gasteiger partial charge in [-0.2, -0.15) is 0 Å². The molecule has 3 heterocycles. The molecule has 2 amide bonds. The van der Waals surface area contributed by atoms with Crippen LogP contribution in [0.15, 0.2) is 36.7 Å². The highest BCUT2D eigenvalue weighted by molar-refractivity contribution is 5.85. The van der Waals surface area contributed by atoms with E-state index in [1.165, 1.54) is 33.4 Å². The summed E-state index contributed by atoms with van der Waals surface area (Å²) in [6, 6.07) is 9.01. The second-order valence-electron chi connectivity index (χ2n) is 16.4. The number of H-pyrrole nitrogens is 2. The summed E-state index contributed by atoms with van der Waals surface area (Å²) in [6.45, 7) is 14.2. The van der Waals surface area contributed by atoms with Gasteiger partial charge in [0.05, 0.1) is 35.9 Å². The minimum absolute atomic E-state index is 0.109. The van der Waals surface area contributed by atoms with E-state index in [2.05, 4.69) is 41.2 Å². The zero-order valence-electron chi connectivity index (χ0n) is 31.4. The number of ether oxygens (including phenoxy) is 2. The monoisotopic (exact) mass is 692 g/mol. The van der Waals surface area contributed by atoms with Gasteiger partial charge in [-0.1, -0.05) is 13.3 Å². The molecule has 1 saturated heterocycles. The second-order valence-corrected chi connectivity index (χ2v) is 16.4. The summed E-state index contributed by atoms with van der Waals surface area (Å²) in [5.41, 5.74) is 11.5. The Labute approximate surface area is 301 Å². The molecule has 10 heteroatoms. The quantitative estimate of drug-likeness (QED) is 0.200. The van der Waals surface area contributed by atoms with Gasteiger partial charge >= 0.3 is 12.2 Å². The molecule has 1 aliphatic heterocycles. The number of imidazole rings is 2. The first-order valence-corrected chi connectivity index (χ1v) is 18.6. The van der Waals surface area contributed by atoms with Crippen molar-refractivity contribution in [2.75, 3.05) is 13.6 Å². The summed E-state index contributed by atoms with van der Waals surface area (Å²) in [7, 11) is 1.79. The third-order valence-corrected chi connectivity index (χ3v) is 10.2. The van der Waals surface area contributed by atoms with Crippen LogP contribution in [0.5, 0.6) is 0 Å². The van der Waals surface area contributed by atoms with Crippen LogP contribution < -0.4 is 0 Å². The number of aryl methyl sites for hydroxylation is 4. The van der Waals surface area contributed by atoms with E-state index in [0.717, 1.165) is 85.5 Å². The van der Waals surface area contributed by atoms with Crippen molar-refractivity contribution in [2.45, 2.75) is 123 Å².